The third-order valence-electron chi connectivity index (χ3n) is 2.13. The molecule has 3 heteroatoms. The Bertz CT molecular complexity index is 342. The van der Waals surface area contributed by atoms with E-state index < -0.39 is 4.92 Å². The molecule has 1 aromatic rings. The topological polar surface area (TPSA) is 43.1 Å². The summed E-state index contributed by atoms with van der Waals surface area (Å²) < 4.78 is 0. The highest BCUT2D eigenvalue weighted by Gasteiger charge is 2.17. The highest BCUT2D eigenvalue weighted by Crippen LogP contribution is 2.23. The summed E-state index contributed by atoms with van der Waals surface area (Å²) in [6.45, 7) is 3.89. The average molecular weight is 191 g/mol. The van der Waals surface area contributed by atoms with Crippen LogP contribution in [-0.2, 0) is 5.41 Å². The van der Waals surface area contributed by atoms with Gasteiger partial charge in [0.2, 0.25) is 6.20 Å². The Morgan fingerprint density at radius 3 is 2.36 bits per heavy atom. The molecular weight excluding hydrogens is 178 g/mol. The van der Waals surface area contributed by atoms with Crippen LogP contribution in [-0.4, -0.2) is 4.92 Å². The smallest absolute Gasteiger partial charge is 0.231 e. The van der Waals surface area contributed by atoms with Crippen LogP contribution in [0.15, 0.2) is 42.6 Å². The first-order chi connectivity index (χ1) is 6.52. The van der Waals surface area contributed by atoms with Crippen LogP contribution in [0.1, 0.15) is 19.4 Å². The summed E-state index contributed by atoms with van der Waals surface area (Å²) >= 11 is 0. The standard InChI is InChI=1S/C11H13NO2/c1-11(2,8-9-12(13)14)10-6-4-3-5-7-10/h3-9H,1-2H3/b9-8+. The molecule has 14 heavy (non-hydrogen) atoms. The Labute approximate surface area is 83.2 Å². The van der Waals surface area contributed by atoms with Gasteiger partial charge in [0.1, 0.15) is 0 Å². The number of nitrogens with zero attached hydrogens (tertiary/aromatic N) is 1. The normalized spacial score (nSPS) is 11.9. The highest BCUT2D eigenvalue weighted by molar-refractivity contribution is 5.27. The quantitative estimate of drug-likeness (QED) is 0.544. The van der Waals surface area contributed by atoms with Crippen molar-refractivity contribution in [3.8, 4) is 0 Å². The fourth-order valence-electron chi connectivity index (χ4n) is 1.21. The van der Waals surface area contributed by atoms with Gasteiger partial charge in [-0.05, 0) is 11.6 Å². The molecule has 1 aromatic carbocycles. The van der Waals surface area contributed by atoms with Gasteiger partial charge < -0.3 is 0 Å². The lowest BCUT2D eigenvalue weighted by atomic mass is 9.85. The van der Waals surface area contributed by atoms with E-state index in [1.807, 2.05) is 44.2 Å². The fourth-order valence-corrected chi connectivity index (χ4v) is 1.21. The lowest BCUT2D eigenvalue weighted by Gasteiger charge is -2.19. The Kier molecular flexibility index (Phi) is 3.02. The summed E-state index contributed by atoms with van der Waals surface area (Å²) in [6, 6.07) is 9.71. The monoisotopic (exact) mass is 191 g/mol. The Balaban J connectivity index is 2.91. The van der Waals surface area contributed by atoms with Gasteiger partial charge >= 0.3 is 0 Å². The van der Waals surface area contributed by atoms with Crippen molar-refractivity contribution in [2.45, 2.75) is 19.3 Å². The van der Waals surface area contributed by atoms with Crippen LogP contribution >= 0.6 is 0 Å². The fraction of sp³-hybridized carbons (Fsp3) is 0.273. The summed E-state index contributed by atoms with van der Waals surface area (Å²) in [5.74, 6) is 0. The van der Waals surface area contributed by atoms with Gasteiger partial charge in [-0.3, -0.25) is 10.1 Å². The lowest BCUT2D eigenvalue weighted by Crippen LogP contribution is -2.13. The molecule has 0 aliphatic rings. The van der Waals surface area contributed by atoms with Crippen molar-refractivity contribution in [3.63, 3.8) is 0 Å². The van der Waals surface area contributed by atoms with E-state index >= 15 is 0 Å². The lowest BCUT2D eigenvalue weighted by molar-refractivity contribution is -0.402. The second-order valence-corrected chi connectivity index (χ2v) is 3.69. The number of allylic oxidation sites excluding steroid dienone is 1. The molecule has 0 aliphatic carbocycles. The van der Waals surface area contributed by atoms with E-state index in [4.69, 9.17) is 0 Å². The molecule has 0 radical (unpaired) electrons. The van der Waals surface area contributed by atoms with E-state index in [-0.39, 0.29) is 5.41 Å². The van der Waals surface area contributed by atoms with Crippen LogP contribution < -0.4 is 0 Å². The van der Waals surface area contributed by atoms with Gasteiger partial charge in [0, 0.05) is 5.41 Å². The van der Waals surface area contributed by atoms with Gasteiger partial charge in [-0.15, -0.1) is 0 Å². The second kappa shape index (κ2) is 4.05. The van der Waals surface area contributed by atoms with E-state index in [1.165, 1.54) is 0 Å². The number of nitro groups is 1. The van der Waals surface area contributed by atoms with Crippen molar-refractivity contribution in [1.29, 1.82) is 0 Å². The van der Waals surface area contributed by atoms with E-state index in [0.717, 1.165) is 11.8 Å². The first-order valence-corrected chi connectivity index (χ1v) is 4.41. The van der Waals surface area contributed by atoms with Crippen LogP contribution in [0.25, 0.3) is 0 Å². The van der Waals surface area contributed by atoms with E-state index in [1.54, 1.807) is 6.08 Å². The molecular formula is C11H13NO2. The van der Waals surface area contributed by atoms with Crippen molar-refractivity contribution in [2.75, 3.05) is 0 Å². The summed E-state index contributed by atoms with van der Waals surface area (Å²) in [6.07, 6.45) is 2.59. The molecule has 0 bridgehead atoms. The number of hydrogen-bond donors (Lipinski definition) is 0. The van der Waals surface area contributed by atoms with Gasteiger partial charge in [-0.2, -0.15) is 0 Å². The molecule has 74 valence electrons. The molecule has 0 fully saturated rings. The van der Waals surface area contributed by atoms with Crippen LogP contribution in [0.4, 0.5) is 0 Å². The number of rotatable bonds is 3. The van der Waals surface area contributed by atoms with Crippen molar-refractivity contribution in [2.24, 2.45) is 0 Å². The van der Waals surface area contributed by atoms with Gasteiger partial charge in [0.25, 0.3) is 0 Å². The predicted octanol–water partition coefficient (Wildman–Crippen LogP) is 2.75. The zero-order valence-corrected chi connectivity index (χ0v) is 8.31. The maximum atomic E-state index is 10.2. The van der Waals surface area contributed by atoms with Gasteiger partial charge in [0.15, 0.2) is 0 Å². The predicted molar refractivity (Wildman–Crippen MR) is 55.6 cm³/mol. The minimum Gasteiger partial charge on any atom is -0.259 e. The van der Waals surface area contributed by atoms with Crippen LogP contribution in [0.3, 0.4) is 0 Å². The highest BCUT2D eigenvalue weighted by atomic mass is 16.6. The van der Waals surface area contributed by atoms with E-state index in [2.05, 4.69) is 0 Å². The SMILES string of the molecule is CC(C)(/C=C/[N+](=O)[O-])c1ccccc1. The molecule has 0 saturated carbocycles. The third-order valence-corrected chi connectivity index (χ3v) is 2.13. The first-order valence-electron chi connectivity index (χ1n) is 4.41. The van der Waals surface area contributed by atoms with Gasteiger partial charge in [0.05, 0.1) is 4.92 Å². The molecule has 0 aromatic heterocycles. The molecule has 0 spiro atoms. The molecule has 0 N–H and O–H groups in total. The van der Waals surface area contributed by atoms with E-state index in [9.17, 15) is 10.1 Å². The average Bonchev–Trinajstić information content (AvgIpc) is 2.16. The molecule has 0 heterocycles. The summed E-state index contributed by atoms with van der Waals surface area (Å²) in [5, 5.41) is 10.2. The number of benzene rings is 1. The van der Waals surface area contributed by atoms with Crippen molar-refractivity contribution < 1.29 is 4.92 Å². The van der Waals surface area contributed by atoms with Gasteiger partial charge in [-0.25, -0.2) is 0 Å². The zero-order valence-electron chi connectivity index (χ0n) is 8.31. The Hall–Kier alpha value is -1.64. The molecule has 0 amide bonds. The maximum Gasteiger partial charge on any atom is 0.231 e. The zero-order chi connectivity index (χ0) is 10.6. The summed E-state index contributed by atoms with van der Waals surface area (Å²) in [5.41, 5.74) is 0.770. The van der Waals surface area contributed by atoms with Crippen molar-refractivity contribution >= 4 is 0 Å². The van der Waals surface area contributed by atoms with Crippen LogP contribution in [0, 0.1) is 10.1 Å². The third kappa shape index (κ3) is 2.69. The Morgan fingerprint density at radius 1 is 1.29 bits per heavy atom. The first kappa shape index (κ1) is 10.4. The second-order valence-electron chi connectivity index (χ2n) is 3.69. The largest absolute Gasteiger partial charge is 0.259 e. The van der Waals surface area contributed by atoms with Crippen molar-refractivity contribution in [1.82, 2.24) is 0 Å². The molecule has 3 nitrogen and oxygen atoms in total. The minimum absolute atomic E-state index is 0.297. The van der Waals surface area contributed by atoms with Crippen molar-refractivity contribution in [3.05, 3.63) is 58.3 Å². The molecule has 0 unspecified atom stereocenters. The van der Waals surface area contributed by atoms with E-state index in [0.29, 0.717) is 0 Å². The molecule has 1 rings (SSSR count). The minimum atomic E-state index is -0.440. The van der Waals surface area contributed by atoms with Gasteiger partial charge in [-0.1, -0.05) is 44.2 Å². The number of hydrogen-bond acceptors (Lipinski definition) is 2. The maximum absolute atomic E-state index is 10.2. The molecule has 0 atom stereocenters. The Morgan fingerprint density at radius 2 is 1.86 bits per heavy atom. The molecule has 0 aliphatic heterocycles. The van der Waals surface area contributed by atoms with Crippen LogP contribution in [0.2, 0.25) is 0 Å². The molecule has 0 saturated heterocycles. The van der Waals surface area contributed by atoms with Crippen LogP contribution in [0.5, 0.6) is 0 Å². The summed E-state index contributed by atoms with van der Waals surface area (Å²) in [7, 11) is 0. The summed E-state index contributed by atoms with van der Waals surface area (Å²) in [4.78, 5) is 9.76.